The van der Waals surface area contributed by atoms with Gasteiger partial charge in [-0.15, -0.1) is 12.4 Å². The van der Waals surface area contributed by atoms with E-state index in [2.05, 4.69) is 31.4 Å². The summed E-state index contributed by atoms with van der Waals surface area (Å²) in [6, 6.07) is 0. The molecule has 0 saturated carbocycles. The summed E-state index contributed by atoms with van der Waals surface area (Å²) < 4.78 is 0. The summed E-state index contributed by atoms with van der Waals surface area (Å²) in [5, 5.41) is 6.35. The lowest BCUT2D eigenvalue weighted by molar-refractivity contribution is -0.122. The van der Waals surface area contributed by atoms with Gasteiger partial charge < -0.3 is 10.6 Å². The third-order valence-corrected chi connectivity index (χ3v) is 3.13. The maximum atomic E-state index is 11.7. The normalized spacial score (nSPS) is 17.4. The standard InChI is InChI=1S/C13H26N2O.ClH/c1-13(2,3)6-9-15-12(16)10-11-4-7-14-8-5-11;/h11,14H,4-10H2,1-3H3,(H,15,16);1H. The first kappa shape index (κ1) is 16.7. The van der Waals surface area contributed by atoms with Gasteiger partial charge in [-0.1, -0.05) is 20.8 Å². The summed E-state index contributed by atoms with van der Waals surface area (Å²) in [6.45, 7) is 9.55. The van der Waals surface area contributed by atoms with Crippen molar-refractivity contribution in [3.63, 3.8) is 0 Å². The van der Waals surface area contributed by atoms with Crippen molar-refractivity contribution in [1.82, 2.24) is 10.6 Å². The van der Waals surface area contributed by atoms with Crippen LogP contribution in [0.2, 0.25) is 0 Å². The molecule has 0 aromatic carbocycles. The molecular weight excluding hydrogens is 236 g/mol. The van der Waals surface area contributed by atoms with Gasteiger partial charge in [0.2, 0.25) is 5.91 Å². The Morgan fingerprint density at radius 1 is 1.29 bits per heavy atom. The number of amides is 1. The molecule has 0 atom stereocenters. The molecule has 0 unspecified atom stereocenters. The first-order chi connectivity index (χ1) is 7.47. The first-order valence-corrected chi connectivity index (χ1v) is 6.45. The molecule has 3 nitrogen and oxygen atoms in total. The minimum Gasteiger partial charge on any atom is -0.356 e. The molecule has 1 aliphatic heterocycles. The van der Waals surface area contributed by atoms with Gasteiger partial charge in [0.15, 0.2) is 0 Å². The quantitative estimate of drug-likeness (QED) is 0.817. The molecule has 102 valence electrons. The van der Waals surface area contributed by atoms with Crippen LogP contribution in [0.3, 0.4) is 0 Å². The summed E-state index contributed by atoms with van der Waals surface area (Å²) in [4.78, 5) is 11.7. The van der Waals surface area contributed by atoms with E-state index >= 15 is 0 Å². The first-order valence-electron chi connectivity index (χ1n) is 6.45. The largest absolute Gasteiger partial charge is 0.356 e. The van der Waals surface area contributed by atoms with Crippen molar-refractivity contribution in [2.45, 2.75) is 46.5 Å². The van der Waals surface area contributed by atoms with Gasteiger partial charge in [-0.25, -0.2) is 0 Å². The number of hydrogen-bond acceptors (Lipinski definition) is 2. The molecule has 0 radical (unpaired) electrons. The molecule has 0 bridgehead atoms. The van der Waals surface area contributed by atoms with E-state index in [0.717, 1.165) is 38.9 Å². The minimum atomic E-state index is 0. The minimum absolute atomic E-state index is 0. The molecule has 1 rings (SSSR count). The Kier molecular flexibility index (Phi) is 7.80. The molecule has 0 spiro atoms. The number of piperidine rings is 1. The lowest BCUT2D eigenvalue weighted by Crippen LogP contribution is -2.33. The smallest absolute Gasteiger partial charge is 0.220 e. The van der Waals surface area contributed by atoms with Gasteiger partial charge in [0, 0.05) is 13.0 Å². The number of carbonyl (C=O) groups excluding carboxylic acids is 1. The van der Waals surface area contributed by atoms with Gasteiger partial charge in [-0.2, -0.15) is 0 Å². The van der Waals surface area contributed by atoms with Crippen LogP contribution < -0.4 is 10.6 Å². The van der Waals surface area contributed by atoms with Gasteiger partial charge in [-0.3, -0.25) is 4.79 Å². The van der Waals surface area contributed by atoms with Crippen LogP contribution in [0.1, 0.15) is 46.5 Å². The molecule has 0 aromatic heterocycles. The van der Waals surface area contributed by atoms with Gasteiger partial charge in [0.25, 0.3) is 0 Å². The molecular formula is C13H27ClN2O. The monoisotopic (exact) mass is 262 g/mol. The van der Waals surface area contributed by atoms with Crippen molar-refractivity contribution >= 4 is 18.3 Å². The second-order valence-electron chi connectivity index (χ2n) is 6.06. The molecule has 1 aliphatic rings. The lowest BCUT2D eigenvalue weighted by Gasteiger charge is -2.22. The zero-order chi connectivity index (χ0) is 12.0. The average molecular weight is 263 g/mol. The van der Waals surface area contributed by atoms with E-state index in [1.54, 1.807) is 0 Å². The van der Waals surface area contributed by atoms with Crippen LogP contribution in [-0.4, -0.2) is 25.5 Å². The molecule has 2 N–H and O–H groups in total. The zero-order valence-electron chi connectivity index (χ0n) is 11.3. The molecule has 4 heteroatoms. The van der Waals surface area contributed by atoms with Gasteiger partial charge >= 0.3 is 0 Å². The van der Waals surface area contributed by atoms with Gasteiger partial charge in [-0.05, 0) is 43.7 Å². The number of hydrogen-bond donors (Lipinski definition) is 2. The van der Waals surface area contributed by atoms with E-state index in [4.69, 9.17) is 0 Å². The Morgan fingerprint density at radius 2 is 1.88 bits per heavy atom. The Hall–Kier alpha value is -0.280. The van der Waals surface area contributed by atoms with E-state index in [0.29, 0.717) is 17.8 Å². The number of carbonyl (C=O) groups is 1. The molecule has 1 fully saturated rings. The maximum absolute atomic E-state index is 11.7. The van der Waals surface area contributed by atoms with E-state index in [-0.39, 0.29) is 18.3 Å². The molecule has 0 aliphatic carbocycles. The van der Waals surface area contributed by atoms with Crippen LogP contribution in [0, 0.1) is 11.3 Å². The summed E-state index contributed by atoms with van der Waals surface area (Å²) >= 11 is 0. The third kappa shape index (κ3) is 8.44. The van der Waals surface area contributed by atoms with Crippen LogP contribution in [0.4, 0.5) is 0 Å². The highest BCUT2D eigenvalue weighted by Gasteiger charge is 2.17. The Labute approximate surface area is 112 Å². The Bertz CT molecular complexity index is 220. The highest BCUT2D eigenvalue weighted by atomic mass is 35.5. The summed E-state index contributed by atoms with van der Waals surface area (Å²) in [5.74, 6) is 0.826. The number of halogens is 1. The van der Waals surface area contributed by atoms with E-state index < -0.39 is 0 Å². The summed E-state index contributed by atoms with van der Waals surface area (Å²) in [7, 11) is 0. The second-order valence-corrected chi connectivity index (χ2v) is 6.06. The molecule has 1 saturated heterocycles. The number of nitrogens with one attached hydrogen (secondary N) is 2. The van der Waals surface area contributed by atoms with E-state index in [1.807, 2.05) is 0 Å². The zero-order valence-corrected chi connectivity index (χ0v) is 12.2. The van der Waals surface area contributed by atoms with Crippen molar-refractivity contribution in [3.05, 3.63) is 0 Å². The summed E-state index contributed by atoms with van der Waals surface area (Å²) in [6.07, 6.45) is 4.05. The van der Waals surface area contributed by atoms with Crippen molar-refractivity contribution in [1.29, 1.82) is 0 Å². The highest BCUT2D eigenvalue weighted by molar-refractivity contribution is 5.85. The molecule has 0 aromatic rings. The predicted octanol–water partition coefficient (Wildman–Crippen LogP) is 2.35. The van der Waals surface area contributed by atoms with E-state index in [9.17, 15) is 4.79 Å². The Morgan fingerprint density at radius 3 is 2.41 bits per heavy atom. The Balaban J connectivity index is 0.00000256. The van der Waals surface area contributed by atoms with Crippen LogP contribution >= 0.6 is 12.4 Å². The van der Waals surface area contributed by atoms with Crippen LogP contribution in [0.15, 0.2) is 0 Å². The summed E-state index contributed by atoms with van der Waals surface area (Å²) in [5.41, 5.74) is 0.308. The molecule has 17 heavy (non-hydrogen) atoms. The molecule has 1 amide bonds. The predicted molar refractivity (Wildman–Crippen MR) is 74.5 cm³/mol. The maximum Gasteiger partial charge on any atom is 0.220 e. The SMILES string of the molecule is CC(C)(C)CCNC(=O)CC1CCNCC1.Cl. The molecule has 1 heterocycles. The second kappa shape index (κ2) is 7.93. The van der Waals surface area contributed by atoms with Crippen LogP contribution in [0.5, 0.6) is 0 Å². The highest BCUT2D eigenvalue weighted by Crippen LogP contribution is 2.18. The van der Waals surface area contributed by atoms with Crippen molar-refractivity contribution in [2.75, 3.05) is 19.6 Å². The van der Waals surface area contributed by atoms with Crippen molar-refractivity contribution in [2.24, 2.45) is 11.3 Å². The fourth-order valence-corrected chi connectivity index (χ4v) is 2.00. The van der Waals surface area contributed by atoms with Crippen LogP contribution in [0.25, 0.3) is 0 Å². The lowest BCUT2D eigenvalue weighted by atomic mass is 9.92. The van der Waals surface area contributed by atoms with Crippen molar-refractivity contribution < 1.29 is 4.79 Å². The third-order valence-electron chi connectivity index (χ3n) is 3.13. The fraction of sp³-hybridized carbons (Fsp3) is 0.923. The topological polar surface area (TPSA) is 41.1 Å². The van der Waals surface area contributed by atoms with Gasteiger partial charge in [0.1, 0.15) is 0 Å². The number of rotatable bonds is 4. The van der Waals surface area contributed by atoms with Crippen molar-refractivity contribution in [3.8, 4) is 0 Å². The van der Waals surface area contributed by atoms with Gasteiger partial charge in [0.05, 0.1) is 0 Å². The van der Waals surface area contributed by atoms with E-state index in [1.165, 1.54) is 0 Å². The fourth-order valence-electron chi connectivity index (χ4n) is 2.00. The van der Waals surface area contributed by atoms with Crippen LogP contribution in [-0.2, 0) is 4.79 Å². The average Bonchev–Trinajstić information content (AvgIpc) is 2.17.